The van der Waals surface area contributed by atoms with Crippen molar-refractivity contribution in [2.75, 3.05) is 6.61 Å². The molecular weight excluding hydrogens is 340 g/mol. The van der Waals surface area contributed by atoms with Gasteiger partial charge in [0.05, 0.1) is 33.5 Å². The van der Waals surface area contributed by atoms with E-state index in [9.17, 15) is 30.3 Å². The number of nitro groups is 3. The number of non-ortho nitro benzene ring substituents is 1. The van der Waals surface area contributed by atoms with E-state index < -0.39 is 37.6 Å². The summed E-state index contributed by atoms with van der Waals surface area (Å²) in [4.78, 5) is 27.8. The lowest BCUT2D eigenvalue weighted by Crippen LogP contribution is -2.36. The van der Waals surface area contributed by atoms with Gasteiger partial charge in [-0.3, -0.25) is 30.3 Å². The van der Waals surface area contributed by atoms with Crippen molar-refractivity contribution in [2.45, 2.75) is 39.3 Å². The van der Waals surface area contributed by atoms with E-state index in [1.807, 2.05) is 0 Å². The second-order valence-electron chi connectivity index (χ2n) is 5.21. The Bertz CT molecular complexity index is 595. The molecule has 12 nitrogen and oxygen atoms in total. The van der Waals surface area contributed by atoms with Crippen molar-refractivity contribution in [3.8, 4) is 5.75 Å². The van der Waals surface area contributed by atoms with Crippen LogP contribution in [0.4, 0.5) is 17.1 Å². The number of phenolic OH excluding ortho intramolecular Hbond substituents is 1. The average molecular weight is 360 g/mol. The fourth-order valence-corrected chi connectivity index (χ4v) is 1.74. The largest absolute Gasteiger partial charge is 0.497 e. The third kappa shape index (κ3) is 7.05. The molecule has 0 spiro atoms. The predicted molar refractivity (Wildman–Crippen MR) is 87.5 cm³/mol. The molecule has 0 aliphatic heterocycles. The van der Waals surface area contributed by atoms with Crippen LogP contribution < -0.4 is 5.32 Å². The highest BCUT2D eigenvalue weighted by molar-refractivity contribution is 5.64. The van der Waals surface area contributed by atoms with Crippen LogP contribution in [0.1, 0.15) is 27.2 Å². The molecular formula is C13H20N4O8. The molecule has 140 valence electrons. The number of hydrogen-bond acceptors (Lipinski definition) is 9. The van der Waals surface area contributed by atoms with E-state index in [0.717, 1.165) is 6.42 Å². The maximum Gasteiger partial charge on any atom is 0.324 e. The summed E-state index contributed by atoms with van der Waals surface area (Å²) >= 11 is 0. The van der Waals surface area contributed by atoms with Gasteiger partial charge in [-0.05, 0) is 6.42 Å². The molecule has 0 aromatic heterocycles. The van der Waals surface area contributed by atoms with Gasteiger partial charge in [0.1, 0.15) is 0 Å². The van der Waals surface area contributed by atoms with Gasteiger partial charge in [0.25, 0.3) is 11.4 Å². The Kier molecular flexibility index (Phi) is 8.94. The molecule has 0 amide bonds. The molecule has 1 aromatic rings. The fraction of sp³-hybridized carbons (Fsp3) is 0.538. The van der Waals surface area contributed by atoms with Gasteiger partial charge in [-0.2, -0.15) is 0 Å². The van der Waals surface area contributed by atoms with Gasteiger partial charge >= 0.3 is 11.4 Å². The number of nitrogens with one attached hydrogen (secondary N) is 1. The standard InChI is InChI=1S/C7H17NO.C6H3N3O7/c1-4-7(5-9)8-6(2)3;10-6-4(8(13)14)1-3(7(11)12)2-5(6)9(15)16/h6-9H,4-5H2,1-3H3;1-2,10H. The molecule has 3 N–H and O–H groups in total. The van der Waals surface area contributed by atoms with Gasteiger partial charge in [-0.1, -0.05) is 20.8 Å². The Morgan fingerprint density at radius 2 is 1.48 bits per heavy atom. The molecule has 0 saturated heterocycles. The highest BCUT2D eigenvalue weighted by Gasteiger charge is 2.30. The van der Waals surface area contributed by atoms with Gasteiger partial charge in [0, 0.05) is 12.1 Å². The second kappa shape index (κ2) is 10.1. The molecule has 0 aliphatic rings. The maximum absolute atomic E-state index is 10.4. The van der Waals surface area contributed by atoms with Crippen molar-refractivity contribution >= 4 is 17.1 Å². The first-order valence-corrected chi connectivity index (χ1v) is 7.22. The number of hydrogen-bond donors (Lipinski definition) is 3. The molecule has 1 atom stereocenters. The SMILES string of the molecule is CCC(CO)NC(C)C.O=[N+]([O-])c1cc([N+](=O)[O-])c(O)c([N+](=O)[O-])c1. The minimum atomic E-state index is -1.21. The lowest BCUT2D eigenvalue weighted by Gasteiger charge is -2.16. The first-order chi connectivity index (χ1) is 11.5. The zero-order chi connectivity index (χ0) is 19.7. The molecule has 0 saturated carbocycles. The van der Waals surface area contributed by atoms with Crippen LogP contribution in [0.5, 0.6) is 5.75 Å². The number of rotatable bonds is 7. The first kappa shape index (κ1) is 22.1. The number of benzene rings is 1. The first-order valence-electron chi connectivity index (χ1n) is 7.22. The minimum Gasteiger partial charge on any atom is -0.497 e. The number of nitro benzene ring substituents is 3. The van der Waals surface area contributed by atoms with Crippen LogP contribution in [0.2, 0.25) is 0 Å². The summed E-state index contributed by atoms with van der Waals surface area (Å²) in [6, 6.07) is 1.65. The van der Waals surface area contributed by atoms with E-state index >= 15 is 0 Å². The fourth-order valence-electron chi connectivity index (χ4n) is 1.74. The van der Waals surface area contributed by atoms with E-state index in [-0.39, 0.29) is 12.6 Å². The monoisotopic (exact) mass is 360 g/mol. The van der Waals surface area contributed by atoms with Crippen molar-refractivity contribution in [2.24, 2.45) is 0 Å². The molecule has 0 bridgehead atoms. The van der Waals surface area contributed by atoms with Gasteiger partial charge in [0.15, 0.2) is 0 Å². The maximum atomic E-state index is 10.4. The highest BCUT2D eigenvalue weighted by Crippen LogP contribution is 2.38. The van der Waals surface area contributed by atoms with Crippen LogP contribution >= 0.6 is 0 Å². The topological polar surface area (TPSA) is 182 Å². The van der Waals surface area contributed by atoms with Crippen molar-refractivity contribution in [1.29, 1.82) is 0 Å². The number of aliphatic hydroxyl groups is 1. The predicted octanol–water partition coefficient (Wildman–Crippen LogP) is 1.87. The molecule has 1 unspecified atom stereocenters. The lowest BCUT2D eigenvalue weighted by molar-refractivity contribution is -0.404. The van der Waals surface area contributed by atoms with Crippen LogP contribution in [-0.2, 0) is 0 Å². The van der Waals surface area contributed by atoms with Crippen LogP contribution in [0.25, 0.3) is 0 Å². The Hall–Kier alpha value is -2.86. The quantitative estimate of drug-likeness (QED) is 0.482. The highest BCUT2D eigenvalue weighted by atomic mass is 16.6. The zero-order valence-electron chi connectivity index (χ0n) is 13.9. The van der Waals surface area contributed by atoms with Crippen LogP contribution in [-0.4, -0.2) is 43.7 Å². The number of aromatic hydroxyl groups is 1. The van der Waals surface area contributed by atoms with Crippen molar-refractivity contribution < 1.29 is 25.0 Å². The third-order valence-electron chi connectivity index (χ3n) is 2.94. The van der Waals surface area contributed by atoms with E-state index in [2.05, 4.69) is 26.1 Å². The normalized spacial score (nSPS) is 11.4. The summed E-state index contributed by atoms with van der Waals surface area (Å²) in [5.74, 6) is -1.21. The van der Waals surface area contributed by atoms with E-state index in [1.165, 1.54) is 0 Å². The van der Waals surface area contributed by atoms with Crippen molar-refractivity contribution in [3.63, 3.8) is 0 Å². The lowest BCUT2D eigenvalue weighted by atomic mass is 10.2. The van der Waals surface area contributed by atoms with Gasteiger partial charge < -0.3 is 15.5 Å². The molecule has 12 heteroatoms. The molecule has 0 radical (unpaired) electrons. The van der Waals surface area contributed by atoms with Gasteiger partial charge in [0.2, 0.25) is 0 Å². The van der Waals surface area contributed by atoms with Crippen molar-refractivity contribution in [1.82, 2.24) is 5.32 Å². The smallest absolute Gasteiger partial charge is 0.324 e. The Balaban J connectivity index is 0.000000547. The van der Waals surface area contributed by atoms with E-state index in [4.69, 9.17) is 10.2 Å². The number of nitrogens with zero attached hydrogens (tertiary/aromatic N) is 3. The van der Waals surface area contributed by atoms with Gasteiger partial charge in [-0.25, -0.2) is 0 Å². The summed E-state index contributed by atoms with van der Waals surface area (Å²) in [5, 5.41) is 52.2. The van der Waals surface area contributed by atoms with Crippen LogP contribution in [0.3, 0.4) is 0 Å². The molecule has 0 fully saturated rings. The number of phenols is 1. The summed E-state index contributed by atoms with van der Waals surface area (Å²) < 4.78 is 0. The Morgan fingerprint density at radius 1 is 1.04 bits per heavy atom. The summed E-state index contributed by atoms with van der Waals surface area (Å²) in [7, 11) is 0. The third-order valence-corrected chi connectivity index (χ3v) is 2.94. The second-order valence-corrected chi connectivity index (χ2v) is 5.21. The molecule has 0 aliphatic carbocycles. The van der Waals surface area contributed by atoms with Crippen molar-refractivity contribution in [3.05, 3.63) is 42.5 Å². The minimum absolute atomic E-state index is 0.245. The molecule has 1 aromatic carbocycles. The molecule has 0 heterocycles. The molecule has 25 heavy (non-hydrogen) atoms. The zero-order valence-corrected chi connectivity index (χ0v) is 13.9. The van der Waals surface area contributed by atoms with E-state index in [1.54, 1.807) is 0 Å². The summed E-state index contributed by atoms with van der Waals surface area (Å²) in [6.07, 6.45) is 0.995. The molecule has 1 rings (SSSR count). The summed E-state index contributed by atoms with van der Waals surface area (Å²) in [5.41, 5.74) is -3.00. The van der Waals surface area contributed by atoms with Crippen LogP contribution in [0, 0.1) is 30.3 Å². The van der Waals surface area contributed by atoms with Crippen LogP contribution in [0.15, 0.2) is 12.1 Å². The van der Waals surface area contributed by atoms with Gasteiger partial charge in [-0.15, -0.1) is 0 Å². The van der Waals surface area contributed by atoms with E-state index in [0.29, 0.717) is 18.2 Å². The summed E-state index contributed by atoms with van der Waals surface area (Å²) in [6.45, 7) is 6.47. The number of aliphatic hydroxyl groups excluding tert-OH is 1. The Labute approximate surface area is 142 Å². The average Bonchev–Trinajstić information content (AvgIpc) is 2.52. The Morgan fingerprint density at radius 3 is 1.68 bits per heavy atom.